The van der Waals surface area contributed by atoms with E-state index in [1.54, 1.807) is 0 Å². The fourth-order valence-electron chi connectivity index (χ4n) is 2.23. The lowest BCUT2D eigenvalue weighted by Crippen LogP contribution is -2.06. The molecule has 0 saturated heterocycles. The van der Waals surface area contributed by atoms with E-state index in [0.717, 1.165) is 0 Å². The van der Waals surface area contributed by atoms with Crippen LogP contribution < -0.4 is 5.73 Å². The Hall–Kier alpha value is -0.340. The van der Waals surface area contributed by atoms with Crippen LogP contribution in [0.3, 0.4) is 0 Å². The van der Waals surface area contributed by atoms with Crippen molar-refractivity contribution in [1.29, 1.82) is 0 Å². The molecule has 2 N–H and O–H groups in total. The lowest BCUT2D eigenvalue weighted by Gasteiger charge is -2.00. The molecule has 1 nitrogen and oxygen atoms in total. The zero-order valence-electron chi connectivity index (χ0n) is 8.72. The molecule has 1 aliphatic rings. The molecule has 0 aromatic carbocycles. The summed E-state index contributed by atoms with van der Waals surface area (Å²) >= 11 is 1.88. The van der Waals surface area contributed by atoms with Gasteiger partial charge in [-0.3, -0.25) is 0 Å². The van der Waals surface area contributed by atoms with Crippen molar-refractivity contribution >= 4 is 11.3 Å². The zero-order valence-corrected chi connectivity index (χ0v) is 9.53. The number of rotatable bonds is 1. The van der Waals surface area contributed by atoms with Crippen LogP contribution in [0.1, 0.15) is 35.1 Å². The van der Waals surface area contributed by atoms with Gasteiger partial charge in [-0.1, -0.05) is 13.8 Å². The minimum atomic E-state index is 0.318. The third-order valence-electron chi connectivity index (χ3n) is 3.33. The predicted molar refractivity (Wildman–Crippen MR) is 58.3 cm³/mol. The SMILES string of the molecule is Cc1cc([C@@H]2[C@@H](N)C2(C)C)c(C)s1. The molecule has 0 bridgehead atoms. The van der Waals surface area contributed by atoms with E-state index in [1.807, 2.05) is 11.3 Å². The highest BCUT2D eigenvalue weighted by molar-refractivity contribution is 7.12. The summed E-state index contributed by atoms with van der Waals surface area (Å²) in [6.45, 7) is 8.89. The predicted octanol–water partition coefficient (Wildman–Crippen LogP) is 2.82. The summed E-state index contributed by atoms with van der Waals surface area (Å²) in [5.41, 5.74) is 7.86. The van der Waals surface area contributed by atoms with Crippen LogP contribution in [-0.2, 0) is 0 Å². The highest BCUT2D eigenvalue weighted by atomic mass is 32.1. The van der Waals surface area contributed by atoms with Crippen LogP contribution in [-0.4, -0.2) is 6.04 Å². The smallest absolute Gasteiger partial charge is 0.0172 e. The third kappa shape index (κ3) is 1.24. The Morgan fingerprint density at radius 1 is 1.38 bits per heavy atom. The average molecular weight is 195 g/mol. The van der Waals surface area contributed by atoms with Crippen LogP contribution in [0.15, 0.2) is 6.07 Å². The van der Waals surface area contributed by atoms with Crippen LogP contribution in [0.2, 0.25) is 0 Å². The topological polar surface area (TPSA) is 26.0 Å². The minimum Gasteiger partial charge on any atom is -0.327 e. The van der Waals surface area contributed by atoms with Gasteiger partial charge >= 0.3 is 0 Å². The van der Waals surface area contributed by atoms with Crippen molar-refractivity contribution in [2.75, 3.05) is 0 Å². The third-order valence-corrected chi connectivity index (χ3v) is 4.31. The van der Waals surface area contributed by atoms with E-state index in [9.17, 15) is 0 Å². The van der Waals surface area contributed by atoms with Crippen molar-refractivity contribution in [1.82, 2.24) is 0 Å². The maximum Gasteiger partial charge on any atom is 0.0172 e. The molecular weight excluding hydrogens is 178 g/mol. The second kappa shape index (κ2) is 2.58. The first-order valence-electron chi connectivity index (χ1n) is 4.77. The number of nitrogens with two attached hydrogens (primary N) is 1. The number of aryl methyl sites for hydroxylation is 2. The van der Waals surface area contributed by atoms with Gasteiger partial charge in [0.25, 0.3) is 0 Å². The normalized spacial score (nSPS) is 30.5. The quantitative estimate of drug-likeness (QED) is 0.732. The highest BCUT2D eigenvalue weighted by Crippen LogP contribution is 2.58. The van der Waals surface area contributed by atoms with Crippen LogP contribution in [0.4, 0.5) is 0 Å². The van der Waals surface area contributed by atoms with E-state index in [1.165, 1.54) is 15.3 Å². The second-order valence-electron chi connectivity index (χ2n) is 4.69. The number of thiophene rings is 1. The molecule has 1 aromatic heterocycles. The van der Waals surface area contributed by atoms with E-state index in [-0.39, 0.29) is 0 Å². The van der Waals surface area contributed by atoms with Gasteiger partial charge in [0.05, 0.1) is 0 Å². The van der Waals surface area contributed by atoms with E-state index >= 15 is 0 Å². The molecule has 0 amide bonds. The Balaban J connectivity index is 2.34. The van der Waals surface area contributed by atoms with Crippen molar-refractivity contribution in [2.45, 2.75) is 39.7 Å². The molecule has 0 radical (unpaired) electrons. The molecule has 0 spiro atoms. The molecule has 13 heavy (non-hydrogen) atoms. The lowest BCUT2D eigenvalue weighted by molar-refractivity contribution is 0.599. The highest BCUT2D eigenvalue weighted by Gasteiger charge is 2.56. The van der Waals surface area contributed by atoms with Crippen molar-refractivity contribution in [2.24, 2.45) is 11.1 Å². The van der Waals surface area contributed by atoms with Gasteiger partial charge in [0.2, 0.25) is 0 Å². The Morgan fingerprint density at radius 3 is 2.23 bits per heavy atom. The summed E-state index contributed by atoms with van der Waals surface area (Å²) in [4.78, 5) is 2.85. The van der Waals surface area contributed by atoms with E-state index in [0.29, 0.717) is 17.4 Å². The van der Waals surface area contributed by atoms with Gasteiger partial charge in [-0.25, -0.2) is 0 Å². The molecule has 72 valence electrons. The average Bonchev–Trinajstić information content (AvgIpc) is 2.36. The number of hydrogen-bond donors (Lipinski definition) is 1. The Kier molecular flexibility index (Phi) is 1.83. The summed E-state index contributed by atoms with van der Waals surface area (Å²) < 4.78 is 0. The van der Waals surface area contributed by atoms with Gasteiger partial charge in [-0.05, 0) is 30.9 Å². The van der Waals surface area contributed by atoms with Crippen LogP contribution in [0.5, 0.6) is 0 Å². The maximum atomic E-state index is 6.06. The van der Waals surface area contributed by atoms with E-state index in [4.69, 9.17) is 5.73 Å². The van der Waals surface area contributed by atoms with Crippen molar-refractivity contribution in [3.63, 3.8) is 0 Å². The molecular formula is C11H17NS. The first-order valence-corrected chi connectivity index (χ1v) is 5.58. The van der Waals surface area contributed by atoms with Gasteiger partial charge in [-0.15, -0.1) is 11.3 Å². The van der Waals surface area contributed by atoms with Crippen molar-refractivity contribution in [3.8, 4) is 0 Å². The van der Waals surface area contributed by atoms with Crippen LogP contribution in [0.25, 0.3) is 0 Å². The number of hydrogen-bond acceptors (Lipinski definition) is 2. The van der Waals surface area contributed by atoms with Crippen LogP contribution >= 0.6 is 11.3 Å². The first kappa shape index (κ1) is 9.22. The molecule has 1 aromatic rings. The summed E-state index contributed by atoms with van der Waals surface area (Å²) in [7, 11) is 0. The van der Waals surface area contributed by atoms with Crippen molar-refractivity contribution in [3.05, 3.63) is 21.4 Å². The van der Waals surface area contributed by atoms with E-state index < -0.39 is 0 Å². The van der Waals surface area contributed by atoms with Crippen LogP contribution in [0, 0.1) is 19.3 Å². The Morgan fingerprint density at radius 2 is 1.92 bits per heavy atom. The van der Waals surface area contributed by atoms with Gasteiger partial charge in [0, 0.05) is 21.7 Å². The van der Waals surface area contributed by atoms with E-state index in [2.05, 4.69) is 33.8 Å². The molecule has 0 unspecified atom stereocenters. The minimum absolute atomic E-state index is 0.318. The fourth-order valence-corrected chi connectivity index (χ4v) is 3.20. The maximum absolute atomic E-state index is 6.06. The van der Waals surface area contributed by atoms with Crippen molar-refractivity contribution < 1.29 is 0 Å². The summed E-state index contributed by atoms with van der Waals surface area (Å²) in [6, 6.07) is 2.67. The molecule has 2 heteroatoms. The summed E-state index contributed by atoms with van der Waals surface area (Å²) in [5, 5.41) is 0. The monoisotopic (exact) mass is 195 g/mol. The van der Waals surface area contributed by atoms with Gasteiger partial charge < -0.3 is 5.73 Å². The fraction of sp³-hybridized carbons (Fsp3) is 0.636. The molecule has 2 rings (SSSR count). The molecule has 2 atom stereocenters. The summed E-state index contributed by atoms with van der Waals surface area (Å²) in [5.74, 6) is 0.595. The van der Waals surface area contributed by atoms with Gasteiger partial charge in [0.1, 0.15) is 0 Å². The summed E-state index contributed by atoms with van der Waals surface area (Å²) in [6.07, 6.45) is 0. The lowest BCUT2D eigenvalue weighted by atomic mass is 10.0. The molecule has 1 saturated carbocycles. The molecule has 1 fully saturated rings. The zero-order chi connectivity index (χ0) is 9.80. The molecule has 1 aliphatic carbocycles. The standard InChI is InChI=1S/C11H17NS/c1-6-5-8(7(2)13-6)9-10(12)11(9,3)4/h5,9-10H,12H2,1-4H3/t9-,10-/m1/s1. The largest absolute Gasteiger partial charge is 0.327 e. The second-order valence-corrected chi connectivity index (χ2v) is 6.15. The van der Waals surface area contributed by atoms with Gasteiger partial charge in [0.15, 0.2) is 0 Å². The first-order chi connectivity index (χ1) is 5.94. The van der Waals surface area contributed by atoms with Gasteiger partial charge in [-0.2, -0.15) is 0 Å². The molecule has 1 heterocycles. The Bertz CT molecular complexity index is 338. The Labute approximate surface area is 84.0 Å². The molecule has 0 aliphatic heterocycles.